The van der Waals surface area contributed by atoms with E-state index in [1.54, 1.807) is 31.2 Å². The number of benzene rings is 2. The minimum absolute atomic E-state index is 0.0905. The van der Waals surface area contributed by atoms with Gasteiger partial charge in [0.2, 0.25) is 0 Å². The maximum Gasteiger partial charge on any atom is 0.350 e. The average molecular weight is 423 g/mol. The van der Waals surface area contributed by atoms with E-state index in [2.05, 4.69) is 10.3 Å². The third-order valence-corrected chi connectivity index (χ3v) is 4.87. The molecule has 1 aromatic heterocycles. The van der Waals surface area contributed by atoms with Crippen LogP contribution in [-0.2, 0) is 4.74 Å². The van der Waals surface area contributed by atoms with Crippen LogP contribution in [0, 0.1) is 11.6 Å². The Labute approximate surface area is 167 Å². The van der Waals surface area contributed by atoms with Gasteiger partial charge in [-0.3, -0.25) is 10.1 Å². The molecule has 0 saturated carbocycles. The van der Waals surface area contributed by atoms with Crippen LogP contribution in [0.5, 0.6) is 0 Å². The first-order chi connectivity index (χ1) is 13.4. The first-order valence-electron chi connectivity index (χ1n) is 8.10. The summed E-state index contributed by atoms with van der Waals surface area (Å²) in [5.74, 6) is -3.73. The minimum Gasteiger partial charge on any atom is -0.462 e. The number of hydrogen-bond acceptors (Lipinski definition) is 5. The summed E-state index contributed by atoms with van der Waals surface area (Å²) in [5, 5.41) is 2.30. The lowest BCUT2D eigenvalue weighted by Gasteiger charge is -2.05. The molecule has 0 aliphatic heterocycles. The average Bonchev–Trinajstić information content (AvgIpc) is 3.09. The van der Waals surface area contributed by atoms with E-state index in [-0.39, 0.29) is 27.2 Å². The van der Waals surface area contributed by atoms with Crippen LogP contribution in [0.15, 0.2) is 42.5 Å². The summed E-state index contributed by atoms with van der Waals surface area (Å²) in [6, 6.07) is 10.3. The van der Waals surface area contributed by atoms with Gasteiger partial charge in [-0.1, -0.05) is 53.3 Å². The van der Waals surface area contributed by atoms with Crippen LogP contribution in [0.4, 0.5) is 13.9 Å². The standard InChI is InChI=1S/C19H13ClF2N2O3S/c1-2-27-18(26)16-15(10-6-4-3-5-7-10)23-19(28-16)24-17(25)11-8-13(21)14(22)9-12(11)20/h3-9H,2H2,1H3,(H,23,24,25). The van der Waals surface area contributed by atoms with Crippen molar-refractivity contribution < 1.29 is 23.1 Å². The fourth-order valence-corrected chi connectivity index (χ4v) is 3.47. The van der Waals surface area contributed by atoms with E-state index in [1.165, 1.54) is 0 Å². The van der Waals surface area contributed by atoms with Crippen LogP contribution >= 0.6 is 22.9 Å². The van der Waals surface area contributed by atoms with Crippen molar-refractivity contribution in [1.29, 1.82) is 0 Å². The lowest BCUT2D eigenvalue weighted by atomic mass is 10.1. The SMILES string of the molecule is CCOC(=O)c1sc(NC(=O)c2cc(F)c(F)cc2Cl)nc1-c1ccccc1. The molecule has 9 heteroatoms. The van der Waals surface area contributed by atoms with Crippen molar-refractivity contribution in [1.82, 2.24) is 4.98 Å². The molecular formula is C19H13ClF2N2O3S. The quantitative estimate of drug-likeness (QED) is 0.455. The van der Waals surface area contributed by atoms with Gasteiger partial charge in [0.1, 0.15) is 4.88 Å². The Morgan fingerprint density at radius 1 is 1.18 bits per heavy atom. The highest BCUT2D eigenvalue weighted by molar-refractivity contribution is 7.18. The fourth-order valence-electron chi connectivity index (χ4n) is 2.36. The van der Waals surface area contributed by atoms with Crippen LogP contribution < -0.4 is 5.32 Å². The van der Waals surface area contributed by atoms with Gasteiger partial charge in [-0.15, -0.1) is 0 Å². The number of carbonyl (C=O) groups is 2. The first-order valence-corrected chi connectivity index (χ1v) is 9.29. The van der Waals surface area contributed by atoms with Crippen LogP contribution in [0.1, 0.15) is 27.0 Å². The Balaban J connectivity index is 1.96. The Morgan fingerprint density at radius 3 is 2.54 bits per heavy atom. The number of hydrogen-bond donors (Lipinski definition) is 1. The molecule has 28 heavy (non-hydrogen) atoms. The first kappa shape index (κ1) is 19.9. The van der Waals surface area contributed by atoms with Gasteiger partial charge in [0.25, 0.3) is 5.91 Å². The molecule has 5 nitrogen and oxygen atoms in total. The van der Waals surface area contributed by atoms with Gasteiger partial charge < -0.3 is 4.74 Å². The topological polar surface area (TPSA) is 68.3 Å². The summed E-state index contributed by atoms with van der Waals surface area (Å²) in [4.78, 5) is 29.2. The molecule has 0 atom stereocenters. The van der Waals surface area contributed by atoms with E-state index in [0.717, 1.165) is 11.3 Å². The summed E-state index contributed by atoms with van der Waals surface area (Å²) in [5.41, 5.74) is 0.749. The summed E-state index contributed by atoms with van der Waals surface area (Å²) in [7, 11) is 0. The number of nitrogens with zero attached hydrogens (tertiary/aromatic N) is 1. The van der Waals surface area contributed by atoms with Crippen molar-refractivity contribution in [2.24, 2.45) is 0 Å². The summed E-state index contributed by atoms with van der Waals surface area (Å²) >= 11 is 6.74. The Hall–Kier alpha value is -2.84. The highest BCUT2D eigenvalue weighted by Gasteiger charge is 2.23. The predicted molar refractivity (Wildman–Crippen MR) is 103 cm³/mol. The smallest absolute Gasteiger partial charge is 0.350 e. The lowest BCUT2D eigenvalue weighted by molar-refractivity contribution is 0.0532. The zero-order chi connectivity index (χ0) is 20.3. The number of rotatable bonds is 5. The van der Waals surface area contributed by atoms with Crippen molar-refractivity contribution in [3.05, 3.63) is 69.6 Å². The van der Waals surface area contributed by atoms with Crippen molar-refractivity contribution >= 4 is 39.9 Å². The van der Waals surface area contributed by atoms with Crippen molar-refractivity contribution in [3.8, 4) is 11.3 Å². The van der Waals surface area contributed by atoms with E-state index >= 15 is 0 Å². The van der Waals surface area contributed by atoms with Crippen molar-refractivity contribution in [2.45, 2.75) is 6.92 Å². The maximum atomic E-state index is 13.5. The minimum atomic E-state index is -1.20. The Kier molecular flexibility index (Phi) is 6.01. The molecule has 0 aliphatic rings. The third kappa shape index (κ3) is 4.18. The van der Waals surface area contributed by atoms with Gasteiger partial charge in [0, 0.05) is 5.56 Å². The normalized spacial score (nSPS) is 10.6. The monoisotopic (exact) mass is 422 g/mol. The lowest BCUT2D eigenvalue weighted by Crippen LogP contribution is -2.13. The number of ether oxygens (including phenoxy) is 1. The van der Waals surface area contributed by atoms with E-state index in [1.807, 2.05) is 6.07 Å². The van der Waals surface area contributed by atoms with Gasteiger partial charge in [-0.05, 0) is 19.1 Å². The Bertz CT molecular complexity index is 1040. The van der Waals surface area contributed by atoms with E-state index in [0.29, 0.717) is 23.4 Å². The number of nitrogens with one attached hydrogen (secondary N) is 1. The molecule has 0 radical (unpaired) electrons. The van der Waals surface area contributed by atoms with Crippen LogP contribution in [0.2, 0.25) is 5.02 Å². The molecule has 0 fully saturated rings. The molecule has 0 aliphatic carbocycles. The van der Waals surface area contributed by atoms with Gasteiger partial charge in [-0.2, -0.15) is 0 Å². The Morgan fingerprint density at radius 2 is 1.86 bits per heavy atom. The number of thiazole rings is 1. The molecule has 3 aromatic rings. The van der Waals surface area contributed by atoms with E-state index < -0.39 is 23.5 Å². The van der Waals surface area contributed by atoms with Crippen LogP contribution in [-0.4, -0.2) is 23.5 Å². The number of amides is 1. The molecule has 1 N–H and O–H groups in total. The van der Waals surface area contributed by atoms with Gasteiger partial charge in [0.15, 0.2) is 16.8 Å². The van der Waals surface area contributed by atoms with Crippen molar-refractivity contribution in [3.63, 3.8) is 0 Å². The van der Waals surface area contributed by atoms with Crippen molar-refractivity contribution in [2.75, 3.05) is 11.9 Å². The summed E-state index contributed by atoms with van der Waals surface area (Å²) < 4.78 is 31.7. The van der Waals surface area contributed by atoms with Gasteiger partial charge in [-0.25, -0.2) is 18.6 Å². The van der Waals surface area contributed by atoms with Gasteiger partial charge in [0.05, 0.1) is 22.9 Å². The highest BCUT2D eigenvalue weighted by Crippen LogP contribution is 2.32. The van der Waals surface area contributed by atoms with E-state index in [4.69, 9.17) is 16.3 Å². The molecular weight excluding hydrogens is 410 g/mol. The number of halogens is 3. The number of carbonyl (C=O) groups excluding carboxylic acids is 2. The van der Waals surface area contributed by atoms with Crippen LogP contribution in [0.25, 0.3) is 11.3 Å². The molecule has 1 heterocycles. The van der Waals surface area contributed by atoms with Crippen LogP contribution in [0.3, 0.4) is 0 Å². The third-order valence-electron chi connectivity index (χ3n) is 3.61. The molecule has 0 spiro atoms. The number of esters is 1. The second kappa shape index (κ2) is 8.45. The molecule has 0 unspecified atom stereocenters. The maximum absolute atomic E-state index is 13.5. The number of anilines is 1. The largest absolute Gasteiger partial charge is 0.462 e. The fraction of sp³-hybridized carbons (Fsp3) is 0.105. The second-order valence-corrected chi connectivity index (χ2v) is 6.89. The molecule has 2 aromatic carbocycles. The second-order valence-electron chi connectivity index (χ2n) is 5.48. The van der Waals surface area contributed by atoms with E-state index in [9.17, 15) is 18.4 Å². The van der Waals surface area contributed by atoms with Gasteiger partial charge >= 0.3 is 5.97 Å². The summed E-state index contributed by atoms with van der Waals surface area (Å²) in [6.45, 7) is 1.85. The number of aromatic nitrogens is 1. The molecule has 3 rings (SSSR count). The molecule has 0 saturated heterocycles. The molecule has 1 amide bonds. The highest BCUT2D eigenvalue weighted by atomic mass is 35.5. The predicted octanol–water partition coefficient (Wildman–Crippen LogP) is 5.17. The molecule has 0 bridgehead atoms. The molecule has 144 valence electrons. The zero-order valence-electron chi connectivity index (χ0n) is 14.5. The summed E-state index contributed by atoms with van der Waals surface area (Å²) in [6.07, 6.45) is 0. The zero-order valence-corrected chi connectivity index (χ0v) is 16.0.